The Morgan fingerprint density at radius 2 is 1.84 bits per heavy atom. The Morgan fingerprint density at radius 1 is 1.19 bits per heavy atom. The molecule has 3 N–H and O–H groups in total. The van der Waals surface area contributed by atoms with E-state index in [4.69, 9.17) is 4.74 Å². The van der Waals surface area contributed by atoms with Gasteiger partial charge in [-0.15, -0.1) is 0 Å². The fraction of sp³-hybridized carbons (Fsp3) is 0.625. The van der Waals surface area contributed by atoms with Crippen LogP contribution in [-0.2, 0) is 14.3 Å². The van der Waals surface area contributed by atoms with Gasteiger partial charge in [0.15, 0.2) is 0 Å². The Balaban J connectivity index is 3.27. The number of benzene rings is 1. The summed E-state index contributed by atoms with van der Waals surface area (Å²) in [6.07, 6.45) is 1.01. The molecule has 8 nitrogen and oxygen atoms in total. The van der Waals surface area contributed by atoms with Crippen molar-refractivity contribution in [2.24, 2.45) is 0 Å². The van der Waals surface area contributed by atoms with Gasteiger partial charge >= 0.3 is 6.09 Å². The number of carbonyl (C=O) groups excluding carboxylic acids is 3. The number of carbonyl (C=O) groups is 3. The van der Waals surface area contributed by atoms with Crippen molar-refractivity contribution in [3.8, 4) is 0 Å². The van der Waals surface area contributed by atoms with E-state index in [-0.39, 0.29) is 19.1 Å². The van der Waals surface area contributed by atoms with Crippen LogP contribution in [0.25, 0.3) is 0 Å². The summed E-state index contributed by atoms with van der Waals surface area (Å²) in [5.41, 5.74) is 1.78. The summed E-state index contributed by atoms with van der Waals surface area (Å²) in [6.45, 7) is 12.7. The Morgan fingerprint density at radius 3 is 2.41 bits per heavy atom. The number of alkyl carbamates (subject to hydrolysis) is 1. The Labute approximate surface area is 191 Å². The first-order chi connectivity index (χ1) is 14.9. The van der Waals surface area contributed by atoms with Gasteiger partial charge in [-0.3, -0.25) is 9.59 Å². The molecule has 0 spiro atoms. The van der Waals surface area contributed by atoms with Crippen molar-refractivity contribution in [3.05, 3.63) is 34.9 Å². The Bertz CT molecular complexity index is 788. The number of nitrogens with one attached hydrogen (secondary N) is 2. The van der Waals surface area contributed by atoms with E-state index in [1.807, 2.05) is 39.0 Å². The van der Waals surface area contributed by atoms with Crippen LogP contribution in [0.4, 0.5) is 4.79 Å². The van der Waals surface area contributed by atoms with E-state index in [9.17, 15) is 19.5 Å². The third-order valence-electron chi connectivity index (χ3n) is 4.85. The minimum atomic E-state index is -0.951. The highest BCUT2D eigenvalue weighted by Gasteiger charge is 2.35. The van der Waals surface area contributed by atoms with Gasteiger partial charge in [0.1, 0.15) is 17.7 Å². The van der Waals surface area contributed by atoms with Gasteiger partial charge in [-0.05, 0) is 59.1 Å². The van der Waals surface area contributed by atoms with Crippen LogP contribution in [-0.4, -0.2) is 59.3 Å². The SMILES string of the molecule is CCCCNC(=O)C(c1cc(C)ccc1C)N(CCO)C(=O)C(C)NC(=O)OC(C)(C)C. The van der Waals surface area contributed by atoms with Gasteiger partial charge in [0.25, 0.3) is 0 Å². The molecule has 0 radical (unpaired) electrons. The van der Waals surface area contributed by atoms with Gasteiger partial charge < -0.3 is 25.4 Å². The number of aliphatic hydroxyl groups excluding tert-OH is 1. The molecule has 180 valence electrons. The summed E-state index contributed by atoms with van der Waals surface area (Å²) in [4.78, 5) is 40.1. The average Bonchev–Trinajstić information content (AvgIpc) is 2.68. The lowest BCUT2D eigenvalue weighted by Gasteiger charge is -2.34. The highest BCUT2D eigenvalue weighted by molar-refractivity contribution is 5.92. The second kappa shape index (κ2) is 12.4. The van der Waals surface area contributed by atoms with Crippen molar-refractivity contribution in [3.63, 3.8) is 0 Å². The molecule has 0 saturated carbocycles. The second-order valence-corrected chi connectivity index (χ2v) is 9.03. The molecule has 3 amide bonds. The molecular weight excluding hydrogens is 410 g/mol. The Hall–Kier alpha value is -2.61. The first kappa shape index (κ1) is 27.4. The highest BCUT2D eigenvalue weighted by Crippen LogP contribution is 2.26. The topological polar surface area (TPSA) is 108 Å². The summed E-state index contributed by atoms with van der Waals surface area (Å²) < 4.78 is 5.24. The second-order valence-electron chi connectivity index (χ2n) is 9.03. The third kappa shape index (κ3) is 8.49. The first-order valence-corrected chi connectivity index (χ1v) is 11.2. The zero-order valence-electron chi connectivity index (χ0n) is 20.4. The van der Waals surface area contributed by atoms with Crippen molar-refractivity contribution in [2.45, 2.75) is 79.0 Å². The normalized spacial score (nSPS) is 13.1. The van der Waals surface area contributed by atoms with E-state index in [1.165, 1.54) is 11.8 Å². The number of nitrogens with zero attached hydrogens (tertiary/aromatic N) is 1. The van der Waals surface area contributed by atoms with E-state index < -0.39 is 29.7 Å². The zero-order valence-corrected chi connectivity index (χ0v) is 20.4. The van der Waals surface area contributed by atoms with E-state index in [0.717, 1.165) is 24.0 Å². The van der Waals surface area contributed by atoms with Gasteiger partial charge in [-0.1, -0.05) is 37.1 Å². The molecule has 0 aliphatic carbocycles. The summed E-state index contributed by atoms with van der Waals surface area (Å²) in [6, 6.07) is 3.83. The lowest BCUT2D eigenvalue weighted by molar-refractivity contribution is -0.142. The molecule has 1 rings (SSSR count). The van der Waals surface area contributed by atoms with Crippen molar-refractivity contribution < 1.29 is 24.2 Å². The fourth-order valence-corrected chi connectivity index (χ4v) is 3.26. The van der Waals surface area contributed by atoms with Gasteiger partial charge in [-0.25, -0.2) is 4.79 Å². The lowest BCUT2D eigenvalue weighted by atomic mass is 9.96. The molecule has 1 aromatic carbocycles. The first-order valence-electron chi connectivity index (χ1n) is 11.2. The predicted molar refractivity (Wildman–Crippen MR) is 124 cm³/mol. The van der Waals surface area contributed by atoms with Crippen LogP contribution < -0.4 is 10.6 Å². The number of ether oxygens (including phenoxy) is 1. The molecule has 8 heteroatoms. The smallest absolute Gasteiger partial charge is 0.408 e. The lowest BCUT2D eigenvalue weighted by Crippen LogP contribution is -2.52. The fourth-order valence-electron chi connectivity index (χ4n) is 3.26. The average molecular weight is 450 g/mol. The van der Waals surface area contributed by atoms with Crippen LogP contribution in [0.1, 0.15) is 70.2 Å². The van der Waals surface area contributed by atoms with E-state index in [0.29, 0.717) is 12.1 Å². The summed E-state index contributed by atoms with van der Waals surface area (Å²) >= 11 is 0. The van der Waals surface area contributed by atoms with Crippen LogP contribution in [0.3, 0.4) is 0 Å². The third-order valence-corrected chi connectivity index (χ3v) is 4.85. The van der Waals surface area contributed by atoms with Gasteiger partial charge in [0, 0.05) is 13.1 Å². The van der Waals surface area contributed by atoms with Gasteiger partial charge in [-0.2, -0.15) is 0 Å². The van der Waals surface area contributed by atoms with E-state index in [2.05, 4.69) is 10.6 Å². The largest absolute Gasteiger partial charge is 0.444 e. The maximum absolute atomic E-state index is 13.3. The molecular formula is C24H39N3O5. The van der Waals surface area contributed by atoms with Gasteiger partial charge in [0.2, 0.25) is 11.8 Å². The number of aryl methyl sites for hydroxylation is 2. The molecule has 0 aliphatic rings. The minimum Gasteiger partial charge on any atom is -0.444 e. The molecule has 0 heterocycles. The predicted octanol–water partition coefficient (Wildman–Crippen LogP) is 2.99. The van der Waals surface area contributed by atoms with Crippen LogP contribution in [0.15, 0.2) is 18.2 Å². The molecule has 0 aliphatic heterocycles. The highest BCUT2D eigenvalue weighted by atomic mass is 16.6. The number of aliphatic hydroxyl groups is 1. The molecule has 1 aromatic rings. The Kier molecular flexibility index (Phi) is 10.7. The van der Waals surface area contributed by atoms with Gasteiger partial charge in [0.05, 0.1) is 6.61 Å². The quantitative estimate of drug-likeness (QED) is 0.476. The zero-order chi connectivity index (χ0) is 24.5. The number of hydrogen-bond donors (Lipinski definition) is 3. The molecule has 0 saturated heterocycles. The van der Waals surface area contributed by atoms with Crippen molar-refractivity contribution in [2.75, 3.05) is 19.7 Å². The summed E-state index contributed by atoms with van der Waals surface area (Å²) in [5.74, 6) is -0.806. The maximum atomic E-state index is 13.3. The molecule has 2 unspecified atom stereocenters. The van der Waals surface area contributed by atoms with Crippen LogP contribution in [0, 0.1) is 13.8 Å². The monoisotopic (exact) mass is 449 g/mol. The van der Waals surface area contributed by atoms with E-state index >= 15 is 0 Å². The number of unbranched alkanes of at least 4 members (excludes halogenated alkanes) is 1. The summed E-state index contributed by atoms with van der Waals surface area (Å²) in [5, 5.41) is 15.1. The maximum Gasteiger partial charge on any atom is 0.408 e. The van der Waals surface area contributed by atoms with Crippen LogP contribution in [0.2, 0.25) is 0 Å². The van der Waals surface area contributed by atoms with Crippen LogP contribution >= 0.6 is 0 Å². The molecule has 2 atom stereocenters. The summed E-state index contributed by atoms with van der Waals surface area (Å²) in [7, 11) is 0. The van der Waals surface area contributed by atoms with Crippen LogP contribution in [0.5, 0.6) is 0 Å². The minimum absolute atomic E-state index is 0.0571. The molecule has 0 fully saturated rings. The van der Waals surface area contributed by atoms with Crippen molar-refractivity contribution >= 4 is 17.9 Å². The number of rotatable bonds is 10. The van der Waals surface area contributed by atoms with E-state index in [1.54, 1.807) is 20.8 Å². The number of amides is 3. The van der Waals surface area contributed by atoms with Crippen molar-refractivity contribution in [1.29, 1.82) is 0 Å². The molecule has 0 aromatic heterocycles. The standard InChI is InChI=1S/C24H39N3O5/c1-8-9-12-25-21(29)20(19-15-16(2)10-11-17(19)3)27(13-14-28)22(30)18(4)26-23(31)32-24(5,6)7/h10-11,15,18,20,28H,8-9,12-14H2,1-7H3,(H,25,29)(H,26,31). The molecule has 32 heavy (non-hydrogen) atoms. The number of hydrogen-bond acceptors (Lipinski definition) is 5. The van der Waals surface area contributed by atoms with Crippen molar-refractivity contribution in [1.82, 2.24) is 15.5 Å². The molecule has 0 bridgehead atoms.